The standard InChI is InChI=1S/C21H31N5O5S2/c1-4-26-18-6-5-16(33(29,30)25-9-11-31-12-10-25)13-17(18)23-21(26)32-14-19(27)24-20(28)22-8-7-15(2)3/h5-6,13,15H,4,7-12,14H2,1-3H3,(H2,22,24,27,28). The lowest BCUT2D eigenvalue weighted by Gasteiger charge is -2.26. The van der Waals surface area contributed by atoms with E-state index in [0.29, 0.717) is 56.0 Å². The van der Waals surface area contributed by atoms with Crippen LogP contribution >= 0.6 is 11.8 Å². The van der Waals surface area contributed by atoms with Crippen LogP contribution in [0.2, 0.25) is 0 Å². The summed E-state index contributed by atoms with van der Waals surface area (Å²) in [5.41, 5.74) is 1.33. The number of nitrogens with one attached hydrogen (secondary N) is 2. The summed E-state index contributed by atoms with van der Waals surface area (Å²) in [7, 11) is -3.63. The Morgan fingerprint density at radius 1 is 1.24 bits per heavy atom. The Labute approximate surface area is 198 Å². The first-order chi connectivity index (χ1) is 15.7. The number of sulfonamides is 1. The van der Waals surface area contributed by atoms with Crippen molar-refractivity contribution in [3.8, 4) is 0 Å². The van der Waals surface area contributed by atoms with E-state index in [-0.39, 0.29) is 10.6 Å². The van der Waals surface area contributed by atoms with Gasteiger partial charge < -0.3 is 14.6 Å². The van der Waals surface area contributed by atoms with Crippen molar-refractivity contribution in [1.82, 2.24) is 24.5 Å². The molecule has 2 N–H and O–H groups in total. The lowest BCUT2D eigenvalue weighted by atomic mass is 10.1. The van der Waals surface area contributed by atoms with Crippen molar-refractivity contribution in [2.45, 2.75) is 43.8 Å². The second-order valence-electron chi connectivity index (χ2n) is 8.08. The number of thioether (sulfide) groups is 1. The van der Waals surface area contributed by atoms with Crippen LogP contribution in [0.5, 0.6) is 0 Å². The molecule has 3 amide bonds. The van der Waals surface area contributed by atoms with Crippen molar-refractivity contribution < 1.29 is 22.7 Å². The number of benzene rings is 1. The number of carbonyl (C=O) groups is 2. The number of ether oxygens (including phenoxy) is 1. The highest BCUT2D eigenvalue weighted by atomic mass is 32.2. The minimum atomic E-state index is -3.63. The van der Waals surface area contributed by atoms with Gasteiger partial charge in [0.05, 0.1) is 34.9 Å². The Morgan fingerprint density at radius 2 is 1.97 bits per heavy atom. The molecular formula is C21H31N5O5S2. The van der Waals surface area contributed by atoms with E-state index in [4.69, 9.17) is 4.74 Å². The number of hydrogen-bond acceptors (Lipinski definition) is 7. The second-order valence-corrected chi connectivity index (χ2v) is 11.0. The third-order valence-electron chi connectivity index (χ3n) is 5.20. The number of imide groups is 1. The van der Waals surface area contributed by atoms with E-state index in [1.807, 2.05) is 11.5 Å². The first kappa shape index (κ1) is 25.5. The van der Waals surface area contributed by atoms with E-state index in [2.05, 4.69) is 29.5 Å². The fourth-order valence-corrected chi connectivity index (χ4v) is 5.72. The molecule has 3 rings (SSSR count). The summed E-state index contributed by atoms with van der Waals surface area (Å²) in [5.74, 6) is 0.0511. The number of morpholine rings is 1. The maximum Gasteiger partial charge on any atom is 0.321 e. The Bertz CT molecular complexity index is 1090. The van der Waals surface area contributed by atoms with Gasteiger partial charge >= 0.3 is 6.03 Å². The zero-order chi connectivity index (χ0) is 24.0. The lowest BCUT2D eigenvalue weighted by molar-refractivity contribution is -0.117. The summed E-state index contributed by atoms with van der Waals surface area (Å²) in [6.45, 7) is 8.58. The average Bonchev–Trinajstić information content (AvgIpc) is 3.14. The van der Waals surface area contributed by atoms with Gasteiger partial charge in [0.25, 0.3) is 0 Å². The van der Waals surface area contributed by atoms with Crippen molar-refractivity contribution in [3.05, 3.63) is 18.2 Å². The molecule has 0 atom stereocenters. The molecular weight excluding hydrogens is 466 g/mol. The smallest absolute Gasteiger partial charge is 0.321 e. The number of fused-ring (bicyclic) bond motifs is 1. The predicted molar refractivity (Wildman–Crippen MR) is 127 cm³/mol. The third-order valence-corrected chi connectivity index (χ3v) is 8.07. The van der Waals surface area contributed by atoms with Crippen molar-refractivity contribution in [1.29, 1.82) is 0 Å². The highest BCUT2D eigenvalue weighted by Crippen LogP contribution is 2.27. The fraction of sp³-hybridized carbons (Fsp3) is 0.571. The number of imidazole rings is 1. The molecule has 33 heavy (non-hydrogen) atoms. The number of rotatable bonds is 9. The van der Waals surface area contributed by atoms with Gasteiger partial charge in [-0.2, -0.15) is 4.31 Å². The summed E-state index contributed by atoms with van der Waals surface area (Å²) in [6, 6.07) is 4.39. The Morgan fingerprint density at radius 3 is 2.64 bits per heavy atom. The molecule has 2 aromatic rings. The van der Waals surface area contributed by atoms with E-state index in [1.165, 1.54) is 16.1 Å². The lowest BCUT2D eigenvalue weighted by Crippen LogP contribution is -2.40. The molecule has 0 aliphatic carbocycles. The molecule has 1 aromatic heterocycles. The predicted octanol–water partition coefficient (Wildman–Crippen LogP) is 2.04. The summed E-state index contributed by atoms with van der Waals surface area (Å²) in [4.78, 5) is 28.8. The molecule has 1 aromatic carbocycles. The van der Waals surface area contributed by atoms with E-state index in [0.717, 1.165) is 11.9 Å². The monoisotopic (exact) mass is 497 g/mol. The van der Waals surface area contributed by atoms with Crippen molar-refractivity contribution in [2.75, 3.05) is 38.6 Å². The van der Waals surface area contributed by atoms with Crippen LogP contribution in [0.3, 0.4) is 0 Å². The molecule has 1 aliphatic rings. The van der Waals surface area contributed by atoms with Crippen LogP contribution in [0.15, 0.2) is 28.3 Å². The van der Waals surface area contributed by atoms with Crippen LogP contribution in [0.1, 0.15) is 27.2 Å². The number of nitrogens with zero attached hydrogens (tertiary/aromatic N) is 3. The molecule has 0 radical (unpaired) electrons. The van der Waals surface area contributed by atoms with Crippen LogP contribution in [-0.2, 0) is 26.1 Å². The second kappa shape index (κ2) is 11.3. The van der Waals surface area contributed by atoms with Gasteiger partial charge in [0.15, 0.2) is 5.16 Å². The van der Waals surface area contributed by atoms with Gasteiger partial charge in [-0.25, -0.2) is 18.2 Å². The molecule has 0 spiro atoms. The van der Waals surface area contributed by atoms with Crippen LogP contribution in [0.25, 0.3) is 11.0 Å². The molecule has 2 heterocycles. The zero-order valence-electron chi connectivity index (χ0n) is 19.2. The van der Waals surface area contributed by atoms with E-state index >= 15 is 0 Å². The van der Waals surface area contributed by atoms with E-state index in [1.54, 1.807) is 18.2 Å². The Kier molecular flexibility index (Phi) is 8.74. The SMILES string of the molecule is CCn1c(SCC(=O)NC(=O)NCCC(C)C)nc2cc(S(=O)(=O)N3CCOCC3)ccc21. The number of hydrogen-bond donors (Lipinski definition) is 2. The van der Waals surface area contributed by atoms with Crippen LogP contribution in [0.4, 0.5) is 4.79 Å². The van der Waals surface area contributed by atoms with Crippen molar-refractivity contribution in [3.63, 3.8) is 0 Å². The summed E-state index contributed by atoms with van der Waals surface area (Å²) in [6.07, 6.45) is 0.833. The Balaban J connectivity index is 1.68. The van der Waals surface area contributed by atoms with Gasteiger partial charge in [0.1, 0.15) is 0 Å². The number of amides is 3. The molecule has 0 saturated carbocycles. The topological polar surface area (TPSA) is 123 Å². The van der Waals surface area contributed by atoms with Crippen LogP contribution in [0, 0.1) is 5.92 Å². The normalized spacial score (nSPS) is 15.2. The minimum Gasteiger partial charge on any atom is -0.379 e. The van der Waals surface area contributed by atoms with E-state index in [9.17, 15) is 18.0 Å². The number of aryl methyl sites for hydroxylation is 1. The summed E-state index contributed by atoms with van der Waals surface area (Å²) < 4.78 is 34.5. The fourth-order valence-electron chi connectivity index (χ4n) is 3.41. The van der Waals surface area contributed by atoms with Crippen LogP contribution in [-0.4, -0.2) is 72.8 Å². The molecule has 12 heteroatoms. The molecule has 182 valence electrons. The van der Waals surface area contributed by atoms with Gasteiger partial charge in [-0.3, -0.25) is 10.1 Å². The van der Waals surface area contributed by atoms with Crippen molar-refractivity contribution >= 4 is 44.8 Å². The number of carbonyl (C=O) groups excluding carboxylic acids is 2. The maximum absolute atomic E-state index is 13.0. The Hall–Kier alpha value is -2.15. The van der Waals surface area contributed by atoms with Gasteiger partial charge in [-0.05, 0) is 37.5 Å². The molecule has 1 fully saturated rings. The molecule has 0 unspecified atom stereocenters. The molecule has 0 bridgehead atoms. The largest absolute Gasteiger partial charge is 0.379 e. The maximum atomic E-state index is 13.0. The molecule has 1 aliphatic heterocycles. The van der Waals surface area contributed by atoms with Gasteiger partial charge in [0.2, 0.25) is 15.9 Å². The van der Waals surface area contributed by atoms with Crippen LogP contribution < -0.4 is 10.6 Å². The highest BCUT2D eigenvalue weighted by Gasteiger charge is 2.27. The summed E-state index contributed by atoms with van der Waals surface area (Å²) in [5, 5.41) is 5.57. The van der Waals surface area contributed by atoms with Gasteiger partial charge in [-0.1, -0.05) is 25.6 Å². The first-order valence-electron chi connectivity index (χ1n) is 11.0. The highest BCUT2D eigenvalue weighted by molar-refractivity contribution is 7.99. The van der Waals surface area contributed by atoms with Crippen molar-refractivity contribution in [2.24, 2.45) is 5.92 Å². The van der Waals surface area contributed by atoms with Gasteiger partial charge in [-0.15, -0.1) is 0 Å². The third kappa shape index (κ3) is 6.46. The zero-order valence-corrected chi connectivity index (χ0v) is 20.8. The molecule has 1 saturated heterocycles. The summed E-state index contributed by atoms with van der Waals surface area (Å²) >= 11 is 1.20. The number of urea groups is 1. The minimum absolute atomic E-state index is 0.0137. The van der Waals surface area contributed by atoms with E-state index < -0.39 is 22.0 Å². The average molecular weight is 498 g/mol. The molecule has 10 nitrogen and oxygen atoms in total. The first-order valence-corrected chi connectivity index (χ1v) is 13.4. The number of aromatic nitrogens is 2. The van der Waals surface area contributed by atoms with Gasteiger partial charge in [0, 0.05) is 26.2 Å². The quantitative estimate of drug-likeness (QED) is 0.508.